The smallest absolute Gasteiger partial charge is 0.255 e. The summed E-state index contributed by atoms with van der Waals surface area (Å²) in [5, 5.41) is 4.71. The molecule has 7 heteroatoms. The summed E-state index contributed by atoms with van der Waals surface area (Å²) >= 11 is 5.86. The van der Waals surface area contributed by atoms with Gasteiger partial charge in [-0.2, -0.15) is 0 Å². The maximum absolute atomic E-state index is 12.9. The fraction of sp³-hybridized carbons (Fsp3) is 0.300. The van der Waals surface area contributed by atoms with Gasteiger partial charge in [0.25, 0.3) is 5.91 Å². The molecule has 0 bridgehead atoms. The minimum atomic E-state index is -0.0609. The van der Waals surface area contributed by atoms with E-state index in [9.17, 15) is 4.79 Å². The van der Waals surface area contributed by atoms with Crippen molar-refractivity contribution in [2.24, 2.45) is 0 Å². The Morgan fingerprint density at radius 2 is 1.93 bits per heavy atom. The minimum Gasteiger partial charge on any atom is -0.492 e. The molecular weight excluding hydrogens is 366 g/mol. The lowest BCUT2D eigenvalue weighted by Crippen LogP contribution is -2.31. The van der Waals surface area contributed by atoms with Gasteiger partial charge in [-0.15, -0.1) is 0 Å². The van der Waals surface area contributed by atoms with Crippen LogP contribution in [-0.2, 0) is 0 Å². The zero-order valence-electron chi connectivity index (χ0n) is 15.8. The molecule has 0 unspecified atom stereocenters. The molecule has 0 spiro atoms. The van der Waals surface area contributed by atoms with Gasteiger partial charge in [-0.1, -0.05) is 16.8 Å². The second kappa shape index (κ2) is 7.88. The summed E-state index contributed by atoms with van der Waals surface area (Å²) in [4.78, 5) is 14.5. The first-order valence-corrected chi connectivity index (χ1v) is 9.01. The number of halogens is 1. The molecule has 142 valence electrons. The van der Waals surface area contributed by atoms with E-state index in [2.05, 4.69) is 5.16 Å². The zero-order chi connectivity index (χ0) is 19.6. The van der Waals surface area contributed by atoms with Gasteiger partial charge in [0, 0.05) is 29.5 Å². The van der Waals surface area contributed by atoms with E-state index in [-0.39, 0.29) is 5.91 Å². The van der Waals surface area contributed by atoms with Crippen molar-refractivity contribution >= 4 is 17.5 Å². The van der Waals surface area contributed by atoms with Crippen LogP contribution in [0.1, 0.15) is 27.5 Å². The average molecular weight is 388 g/mol. The molecule has 2 heterocycles. The van der Waals surface area contributed by atoms with Crippen LogP contribution in [0.2, 0.25) is 5.02 Å². The SMILES string of the molecule is Cc1cc(-n2c(C)cc(C(=O)N(C)CCOc3ccc(Cl)cc3)c2C)no1. The van der Waals surface area contributed by atoms with Crippen LogP contribution in [0.3, 0.4) is 0 Å². The number of hydrogen-bond donors (Lipinski definition) is 0. The van der Waals surface area contributed by atoms with E-state index in [4.69, 9.17) is 20.9 Å². The number of aromatic nitrogens is 2. The van der Waals surface area contributed by atoms with Crippen molar-refractivity contribution in [1.82, 2.24) is 14.6 Å². The number of carbonyl (C=O) groups excluding carboxylic acids is 1. The fourth-order valence-corrected chi connectivity index (χ4v) is 3.05. The summed E-state index contributed by atoms with van der Waals surface area (Å²) in [6.07, 6.45) is 0. The van der Waals surface area contributed by atoms with Crippen molar-refractivity contribution in [1.29, 1.82) is 0 Å². The highest BCUT2D eigenvalue weighted by Gasteiger charge is 2.21. The number of hydrogen-bond acceptors (Lipinski definition) is 4. The molecule has 0 saturated carbocycles. The van der Waals surface area contributed by atoms with Crippen molar-refractivity contribution in [2.45, 2.75) is 20.8 Å². The number of likely N-dealkylation sites (N-methyl/N-ethyl adjacent to an activating group) is 1. The standard InChI is InChI=1S/C20H22ClN3O3/c1-13-11-18(15(3)24(13)19-12-14(2)27-22-19)20(25)23(4)9-10-26-17-7-5-16(21)6-8-17/h5-8,11-12H,9-10H2,1-4H3. The highest BCUT2D eigenvalue weighted by Crippen LogP contribution is 2.22. The molecule has 0 fully saturated rings. The Balaban J connectivity index is 1.67. The molecule has 1 amide bonds. The second-order valence-corrected chi connectivity index (χ2v) is 6.88. The number of amides is 1. The monoisotopic (exact) mass is 387 g/mol. The lowest BCUT2D eigenvalue weighted by molar-refractivity contribution is 0.0773. The summed E-state index contributed by atoms with van der Waals surface area (Å²) in [5.74, 6) is 2.06. The Kier molecular flexibility index (Phi) is 5.56. The highest BCUT2D eigenvalue weighted by atomic mass is 35.5. The molecule has 1 aromatic carbocycles. The van der Waals surface area contributed by atoms with Gasteiger partial charge in [-0.25, -0.2) is 0 Å². The predicted molar refractivity (Wildman–Crippen MR) is 104 cm³/mol. The molecular formula is C20H22ClN3O3. The number of benzene rings is 1. The van der Waals surface area contributed by atoms with E-state index in [1.165, 1.54) is 0 Å². The number of aryl methyl sites for hydroxylation is 2. The van der Waals surface area contributed by atoms with Gasteiger partial charge >= 0.3 is 0 Å². The Hall–Kier alpha value is -2.73. The van der Waals surface area contributed by atoms with Gasteiger partial charge in [0.1, 0.15) is 18.1 Å². The molecule has 3 rings (SSSR count). The van der Waals surface area contributed by atoms with Crippen LogP contribution < -0.4 is 4.74 Å². The van der Waals surface area contributed by atoms with E-state index in [0.29, 0.717) is 29.6 Å². The van der Waals surface area contributed by atoms with Crippen LogP contribution in [0.4, 0.5) is 0 Å². The van der Waals surface area contributed by atoms with E-state index in [0.717, 1.165) is 22.9 Å². The van der Waals surface area contributed by atoms with Crippen molar-refractivity contribution in [3.05, 3.63) is 64.1 Å². The third-order valence-electron chi connectivity index (χ3n) is 4.36. The van der Waals surface area contributed by atoms with Gasteiger partial charge < -0.3 is 14.2 Å². The minimum absolute atomic E-state index is 0.0609. The molecule has 0 atom stereocenters. The summed E-state index contributed by atoms with van der Waals surface area (Å²) in [7, 11) is 1.76. The van der Waals surface area contributed by atoms with Gasteiger partial charge in [-0.05, 0) is 51.1 Å². The van der Waals surface area contributed by atoms with Crippen LogP contribution >= 0.6 is 11.6 Å². The van der Waals surface area contributed by atoms with Crippen LogP contribution in [0, 0.1) is 20.8 Å². The third-order valence-corrected chi connectivity index (χ3v) is 4.61. The van der Waals surface area contributed by atoms with Crippen LogP contribution in [-0.4, -0.2) is 40.7 Å². The number of ether oxygens (including phenoxy) is 1. The second-order valence-electron chi connectivity index (χ2n) is 6.45. The zero-order valence-corrected chi connectivity index (χ0v) is 16.6. The molecule has 0 aliphatic carbocycles. The maximum atomic E-state index is 12.9. The van der Waals surface area contributed by atoms with E-state index in [1.54, 1.807) is 36.2 Å². The van der Waals surface area contributed by atoms with Crippen LogP contribution in [0.5, 0.6) is 5.75 Å². The molecule has 0 aliphatic heterocycles. The Morgan fingerprint density at radius 3 is 2.56 bits per heavy atom. The third kappa shape index (κ3) is 4.17. The normalized spacial score (nSPS) is 10.9. The predicted octanol–water partition coefficient (Wildman–Crippen LogP) is 4.19. The summed E-state index contributed by atoms with van der Waals surface area (Å²) < 4.78 is 12.7. The molecule has 27 heavy (non-hydrogen) atoms. The average Bonchev–Trinajstić information content (AvgIpc) is 3.18. The summed E-state index contributed by atoms with van der Waals surface area (Å²) in [6, 6.07) is 10.9. The Morgan fingerprint density at radius 1 is 1.22 bits per heavy atom. The maximum Gasteiger partial charge on any atom is 0.255 e. The van der Waals surface area contributed by atoms with Gasteiger partial charge in [0.15, 0.2) is 5.82 Å². The molecule has 0 N–H and O–H groups in total. The largest absolute Gasteiger partial charge is 0.492 e. The summed E-state index contributed by atoms with van der Waals surface area (Å²) in [5.41, 5.74) is 2.40. The van der Waals surface area contributed by atoms with Crippen molar-refractivity contribution in [3.63, 3.8) is 0 Å². The Labute approximate surface area is 163 Å². The first-order chi connectivity index (χ1) is 12.9. The van der Waals surface area contributed by atoms with E-state index >= 15 is 0 Å². The lowest BCUT2D eigenvalue weighted by Gasteiger charge is -2.17. The lowest BCUT2D eigenvalue weighted by atomic mass is 10.2. The Bertz CT molecular complexity index is 944. The molecule has 3 aromatic rings. The fourth-order valence-electron chi connectivity index (χ4n) is 2.93. The molecule has 0 aliphatic rings. The number of nitrogens with zero attached hydrogens (tertiary/aromatic N) is 3. The summed E-state index contributed by atoms with van der Waals surface area (Å²) in [6.45, 7) is 6.55. The van der Waals surface area contributed by atoms with Crippen molar-refractivity contribution in [2.75, 3.05) is 20.2 Å². The molecule has 0 saturated heterocycles. The highest BCUT2D eigenvalue weighted by molar-refractivity contribution is 6.30. The first kappa shape index (κ1) is 19.0. The first-order valence-electron chi connectivity index (χ1n) is 8.63. The van der Waals surface area contributed by atoms with Crippen LogP contribution in [0.25, 0.3) is 5.82 Å². The van der Waals surface area contributed by atoms with Gasteiger partial charge in [0.05, 0.1) is 12.1 Å². The van der Waals surface area contributed by atoms with E-state index in [1.807, 2.05) is 37.5 Å². The number of rotatable bonds is 6. The molecule has 0 radical (unpaired) electrons. The molecule has 6 nitrogen and oxygen atoms in total. The van der Waals surface area contributed by atoms with Gasteiger partial charge in [-0.3, -0.25) is 9.36 Å². The quantitative estimate of drug-likeness (QED) is 0.636. The van der Waals surface area contributed by atoms with E-state index < -0.39 is 0 Å². The molecule has 2 aromatic heterocycles. The van der Waals surface area contributed by atoms with Crippen molar-refractivity contribution < 1.29 is 14.1 Å². The number of carbonyl (C=O) groups is 1. The van der Waals surface area contributed by atoms with Gasteiger partial charge in [0.2, 0.25) is 0 Å². The van der Waals surface area contributed by atoms with Crippen LogP contribution in [0.15, 0.2) is 40.9 Å². The van der Waals surface area contributed by atoms with Crippen molar-refractivity contribution in [3.8, 4) is 11.6 Å². The topological polar surface area (TPSA) is 60.5 Å².